The number of likely N-dealkylation sites (N-methyl/N-ethyl adjacent to an activating group) is 1. The van der Waals surface area contributed by atoms with E-state index in [4.69, 9.17) is 15.6 Å². The molecule has 2 aliphatic rings. The summed E-state index contributed by atoms with van der Waals surface area (Å²) in [5, 5.41) is 9.12. The molecule has 2 aliphatic heterocycles. The summed E-state index contributed by atoms with van der Waals surface area (Å²) in [6.45, 7) is 1.66. The number of ether oxygens (including phenoxy) is 1. The highest BCUT2D eigenvalue weighted by molar-refractivity contribution is 5.77. The molecule has 0 aromatic heterocycles. The van der Waals surface area contributed by atoms with E-state index in [1.807, 2.05) is 0 Å². The Kier molecular flexibility index (Phi) is 4.26. The van der Waals surface area contributed by atoms with Crippen molar-refractivity contribution in [1.29, 1.82) is 0 Å². The number of carboxylic acids is 1. The van der Waals surface area contributed by atoms with E-state index in [0.717, 1.165) is 12.8 Å². The van der Waals surface area contributed by atoms with Crippen LogP contribution in [0.5, 0.6) is 0 Å². The zero-order chi connectivity index (χ0) is 14.0. The van der Waals surface area contributed by atoms with Crippen LogP contribution in [0, 0.1) is 5.92 Å². The first kappa shape index (κ1) is 14.1. The Morgan fingerprint density at radius 3 is 2.79 bits per heavy atom. The first-order valence-electron chi connectivity index (χ1n) is 6.58. The highest BCUT2D eigenvalue weighted by atomic mass is 16.5. The second kappa shape index (κ2) is 5.75. The van der Waals surface area contributed by atoms with Crippen molar-refractivity contribution in [3.63, 3.8) is 0 Å². The number of hydrogen-bond acceptors (Lipinski definition) is 4. The van der Waals surface area contributed by atoms with Crippen LogP contribution >= 0.6 is 0 Å². The number of piperidine rings is 1. The Morgan fingerprint density at radius 2 is 2.16 bits per heavy atom. The molecule has 0 spiro atoms. The molecule has 19 heavy (non-hydrogen) atoms. The van der Waals surface area contributed by atoms with Gasteiger partial charge in [-0.2, -0.15) is 0 Å². The molecule has 0 saturated carbocycles. The molecule has 2 amide bonds. The first-order valence-corrected chi connectivity index (χ1v) is 6.58. The number of nitrogens with zero attached hydrogens (tertiary/aromatic N) is 2. The molecule has 2 fully saturated rings. The van der Waals surface area contributed by atoms with Crippen LogP contribution in [0.25, 0.3) is 0 Å². The summed E-state index contributed by atoms with van der Waals surface area (Å²) in [7, 11) is 1.64. The summed E-state index contributed by atoms with van der Waals surface area (Å²) in [6.07, 6.45) is 1.82. The van der Waals surface area contributed by atoms with Gasteiger partial charge in [0.1, 0.15) is 5.92 Å². The highest BCUT2D eigenvalue weighted by Gasteiger charge is 2.39. The number of carboxylic acid groups (broad SMARTS) is 1. The van der Waals surface area contributed by atoms with Gasteiger partial charge in [-0.25, -0.2) is 4.79 Å². The Bertz CT molecular complexity index is 363. The van der Waals surface area contributed by atoms with E-state index >= 15 is 0 Å². The van der Waals surface area contributed by atoms with Crippen molar-refractivity contribution in [2.45, 2.75) is 24.9 Å². The van der Waals surface area contributed by atoms with E-state index in [-0.39, 0.29) is 25.3 Å². The molecule has 3 atom stereocenters. The fraction of sp³-hybridized carbons (Fsp3) is 0.833. The second-order valence-electron chi connectivity index (χ2n) is 5.29. The maximum Gasteiger partial charge on any atom is 0.320 e. The third-order valence-electron chi connectivity index (χ3n) is 3.90. The van der Waals surface area contributed by atoms with Crippen molar-refractivity contribution in [3.05, 3.63) is 0 Å². The minimum atomic E-state index is -0.919. The molecule has 0 aliphatic carbocycles. The minimum Gasteiger partial charge on any atom is -0.481 e. The Hall–Kier alpha value is -1.34. The number of carbonyl (C=O) groups excluding carboxylic acids is 1. The average molecular weight is 271 g/mol. The molecule has 3 unspecified atom stereocenters. The standard InChI is InChI=1S/C12H21N3O4/c1-14(10-7-19-6-9(10)11(16)17)12(18)15-4-2-3-8(13)5-15/h8-10H,2-7,13H2,1H3,(H,16,17). The summed E-state index contributed by atoms with van der Waals surface area (Å²) in [5.41, 5.74) is 5.86. The average Bonchev–Trinajstić information content (AvgIpc) is 2.86. The van der Waals surface area contributed by atoms with E-state index in [9.17, 15) is 9.59 Å². The van der Waals surface area contributed by atoms with Crippen LogP contribution in [0.4, 0.5) is 4.79 Å². The van der Waals surface area contributed by atoms with Crippen LogP contribution in [-0.4, -0.2) is 72.3 Å². The molecule has 108 valence electrons. The van der Waals surface area contributed by atoms with Crippen molar-refractivity contribution >= 4 is 12.0 Å². The summed E-state index contributed by atoms with van der Waals surface area (Å²) in [4.78, 5) is 26.7. The number of urea groups is 1. The molecule has 0 bridgehead atoms. The first-order chi connectivity index (χ1) is 9.00. The van der Waals surface area contributed by atoms with Crippen LogP contribution < -0.4 is 5.73 Å². The van der Waals surface area contributed by atoms with E-state index in [1.54, 1.807) is 11.9 Å². The Balaban J connectivity index is 2.00. The largest absolute Gasteiger partial charge is 0.481 e. The SMILES string of the molecule is CN(C(=O)N1CCCC(N)C1)C1COCC1C(=O)O. The number of likely N-dealkylation sites (tertiary alicyclic amines) is 1. The number of hydrogen-bond donors (Lipinski definition) is 2. The molecule has 2 saturated heterocycles. The summed E-state index contributed by atoms with van der Waals surface area (Å²) in [6, 6.07) is -0.541. The normalized spacial score (nSPS) is 31.3. The van der Waals surface area contributed by atoms with Gasteiger partial charge in [0, 0.05) is 26.2 Å². The lowest BCUT2D eigenvalue weighted by Gasteiger charge is -2.36. The van der Waals surface area contributed by atoms with Crippen LogP contribution in [0.15, 0.2) is 0 Å². The maximum atomic E-state index is 12.3. The topological polar surface area (TPSA) is 96.1 Å². The molecule has 0 aromatic carbocycles. The van der Waals surface area contributed by atoms with Crippen LogP contribution in [0.3, 0.4) is 0 Å². The number of carbonyl (C=O) groups is 2. The fourth-order valence-corrected chi connectivity index (χ4v) is 2.71. The quantitative estimate of drug-likeness (QED) is 0.710. The molecule has 0 radical (unpaired) electrons. The summed E-state index contributed by atoms with van der Waals surface area (Å²) in [5.74, 6) is -1.56. The van der Waals surface area contributed by atoms with Gasteiger partial charge < -0.3 is 25.4 Å². The fourth-order valence-electron chi connectivity index (χ4n) is 2.71. The van der Waals surface area contributed by atoms with Gasteiger partial charge in [-0.1, -0.05) is 0 Å². The van der Waals surface area contributed by atoms with E-state index in [0.29, 0.717) is 13.1 Å². The monoisotopic (exact) mass is 271 g/mol. The van der Waals surface area contributed by atoms with Gasteiger partial charge in [0.2, 0.25) is 0 Å². The van der Waals surface area contributed by atoms with Gasteiger partial charge in [0.15, 0.2) is 0 Å². The van der Waals surface area contributed by atoms with Crippen LogP contribution in [-0.2, 0) is 9.53 Å². The van der Waals surface area contributed by atoms with Crippen LogP contribution in [0.2, 0.25) is 0 Å². The van der Waals surface area contributed by atoms with Crippen molar-refractivity contribution in [2.75, 3.05) is 33.4 Å². The minimum absolute atomic E-state index is 0.0150. The zero-order valence-electron chi connectivity index (χ0n) is 11.1. The molecule has 2 heterocycles. The summed E-state index contributed by atoms with van der Waals surface area (Å²) < 4.78 is 5.19. The predicted octanol–water partition coefficient (Wildman–Crippen LogP) is -0.439. The van der Waals surface area contributed by atoms with Gasteiger partial charge in [-0.15, -0.1) is 0 Å². The third-order valence-corrected chi connectivity index (χ3v) is 3.90. The van der Waals surface area contributed by atoms with Gasteiger partial charge in [0.25, 0.3) is 0 Å². The zero-order valence-corrected chi connectivity index (χ0v) is 11.1. The molecule has 0 aromatic rings. The molecule has 7 heteroatoms. The lowest BCUT2D eigenvalue weighted by atomic mass is 10.0. The maximum absolute atomic E-state index is 12.3. The van der Waals surface area contributed by atoms with Gasteiger partial charge >= 0.3 is 12.0 Å². The lowest BCUT2D eigenvalue weighted by Crippen LogP contribution is -2.54. The van der Waals surface area contributed by atoms with Gasteiger partial charge in [-0.3, -0.25) is 4.79 Å². The Morgan fingerprint density at radius 1 is 1.42 bits per heavy atom. The molecule has 3 N–H and O–H groups in total. The van der Waals surface area contributed by atoms with Crippen molar-refractivity contribution in [1.82, 2.24) is 9.80 Å². The van der Waals surface area contributed by atoms with Gasteiger partial charge in [-0.05, 0) is 12.8 Å². The molecular weight excluding hydrogens is 250 g/mol. The molecule has 2 rings (SSSR count). The van der Waals surface area contributed by atoms with E-state index in [1.165, 1.54) is 4.90 Å². The number of rotatable bonds is 2. The smallest absolute Gasteiger partial charge is 0.320 e. The van der Waals surface area contributed by atoms with E-state index in [2.05, 4.69) is 0 Å². The molecule has 7 nitrogen and oxygen atoms in total. The van der Waals surface area contributed by atoms with Crippen LogP contribution in [0.1, 0.15) is 12.8 Å². The van der Waals surface area contributed by atoms with Crippen molar-refractivity contribution in [2.24, 2.45) is 11.7 Å². The second-order valence-corrected chi connectivity index (χ2v) is 5.29. The lowest BCUT2D eigenvalue weighted by molar-refractivity contribution is -0.142. The van der Waals surface area contributed by atoms with Crippen molar-refractivity contribution < 1.29 is 19.4 Å². The van der Waals surface area contributed by atoms with Gasteiger partial charge in [0.05, 0.1) is 19.3 Å². The van der Waals surface area contributed by atoms with Crippen molar-refractivity contribution in [3.8, 4) is 0 Å². The third kappa shape index (κ3) is 2.98. The van der Waals surface area contributed by atoms with E-state index < -0.39 is 17.9 Å². The Labute approximate surface area is 112 Å². The molecular formula is C12H21N3O4. The summed E-state index contributed by atoms with van der Waals surface area (Å²) >= 11 is 0. The predicted molar refractivity (Wildman–Crippen MR) is 67.7 cm³/mol. The highest BCUT2D eigenvalue weighted by Crippen LogP contribution is 2.21. The number of amides is 2. The number of nitrogens with two attached hydrogens (primary N) is 1. The number of aliphatic carboxylic acids is 1.